The minimum Gasteiger partial charge on any atom is -0.479 e. The summed E-state index contributed by atoms with van der Waals surface area (Å²) in [6, 6.07) is 2.29. The molecule has 0 spiro atoms. The number of carboxylic acids is 1. The molecule has 3 heterocycles. The van der Waals surface area contributed by atoms with Gasteiger partial charge in [0.05, 0.1) is 12.0 Å². The van der Waals surface area contributed by atoms with Crippen LogP contribution in [-0.2, 0) is 24.3 Å². The van der Waals surface area contributed by atoms with Crippen molar-refractivity contribution in [1.82, 2.24) is 14.5 Å². The molecule has 0 bridgehead atoms. The van der Waals surface area contributed by atoms with Crippen LogP contribution in [0.15, 0.2) is 22.9 Å². The summed E-state index contributed by atoms with van der Waals surface area (Å²) in [5.41, 5.74) is 2.46. The number of hydrogen-bond donors (Lipinski definition) is 1. The molecular formula is C16H13BrClN3O3. The van der Waals surface area contributed by atoms with Crippen molar-refractivity contribution in [2.45, 2.75) is 32.0 Å². The fraction of sp³-hybridized carbons (Fsp3) is 0.312. The van der Waals surface area contributed by atoms with Crippen LogP contribution < -0.4 is 0 Å². The van der Waals surface area contributed by atoms with Crippen molar-refractivity contribution in [2.24, 2.45) is 0 Å². The van der Waals surface area contributed by atoms with E-state index in [2.05, 4.69) is 20.9 Å². The number of halogens is 2. The standard InChI is InChI=1S/C16H13BrClN3O3/c17-8-4-9-10(11(18)5-8)6-21(15(9)22)14(16(23)24)13-12-2-1-3-20(12)7-19-13/h4-5,7,14H,1-3,6H2,(H,23,24). The summed E-state index contributed by atoms with van der Waals surface area (Å²) in [7, 11) is 0. The molecule has 0 radical (unpaired) electrons. The molecule has 1 aromatic heterocycles. The molecule has 1 amide bonds. The number of aryl methyl sites for hydroxylation is 1. The number of carbonyl (C=O) groups excluding carboxylic acids is 1. The van der Waals surface area contributed by atoms with Crippen LogP contribution in [0.25, 0.3) is 0 Å². The van der Waals surface area contributed by atoms with Gasteiger partial charge in [-0.2, -0.15) is 0 Å². The van der Waals surface area contributed by atoms with E-state index in [1.807, 2.05) is 4.57 Å². The van der Waals surface area contributed by atoms with Crippen molar-refractivity contribution < 1.29 is 14.7 Å². The Labute approximate surface area is 151 Å². The largest absolute Gasteiger partial charge is 0.479 e. The van der Waals surface area contributed by atoms with E-state index in [1.54, 1.807) is 18.5 Å². The van der Waals surface area contributed by atoms with Gasteiger partial charge in [-0.1, -0.05) is 27.5 Å². The van der Waals surface area contributed by atoms with Crippen molar-refractivity contribution in [2.75, 3.05) is 0 Å². The fourth-order valence-electron chi connectivity index (χ4n) is 3.49. The number of imidazole rings is 1. The monoisotopic (exact) mass is 409 g/mol. The summed E-state index contributed by atoms with van der Waals surface area (Å²) in [6.45, 7) is 1.01. The van der Waals surface area contributed by atoms with Gasteiger partial charge in [-0.25, -0.2) is 9.78 Å². The van der Waals surface area contributed by atoms with E-state index in [0.29, 0.717) is 26.3 Å². The zero-order valence-electron chi connectivity index (χ0n) is 12.5. The van der Waals surface area contributed by atoms with Crippen molar-refractivity contribution in [3.05, 3.63) is 50.5 Å². The molecule has 0 saturated heterocycles. The third-order valence-electron chi connectivity index (χ3n) is 4.58. The maximum atomic E-state index is 12.8. The minimum atomic E-state index is -1.10. The first-order chi connectivity index (χ1) is 11.5. The molecule has 0 fully saturated rings. The van der Waals surface area contributed by atoms with Crippen LogP contribution in [0.1, 0.15) is 39.8 Å². The highest BCUT2D eigenvalue weighted by Gasteiger charge is 2.41. The lowest BCUT2D eigenvalue weighted by molar-refractivity contribution is -0.142. The number of aromatic nitrogens is 2. The van der Waals surface area contributed by atoms with E-state index >= 15 is 0 Å². The van der Waals surface area contributed by atoms with Gasteiger partial charge in [0.2, 0.25) is 0 Å². The predicted octanol–water partition coefficient (Wildman–Crippen LogP) is 3.03. The molecule has 1 atom stereocenters. The average Bonchev–Trinajstić information content (AvgIpc) is 3.18. The van der Waals surface area contributed by atoms with Gasteiger partial charge in [0.15, 0.2) is 6.04 Å². The van der Waals surface area contributed by atoms with Crippen LogP contribution in [0.4, 0.5) is 0 Å². The molecule has 1 N–H and O–H groups in total. The Hall–Kier alpha value is -1.86. The highest BCUT2D eigenvalue weighted by molar-refractivity contribution is 9.10. The maximum absolute atomic E-state index is 12.8. The summed E-state index contributed by atoms with van der Waals surface area (Å²) in [6.07, 6.45) is 3.40. The number of carboxylic acid groups (broad SMARTS) is 1. The van der Waals surface area contributed by atoms with Gasteiger partial charge >= 0.3 is 5.97 Å². The summed E-state index contributed by atoms with van der Waals surface area (Å²) >= 11 is 9.55. The third kappa shape index (κ3) is 2.26. The van der Waals surface area contributed by atoms with Gasteiger partial charge < -0.3 is 14.6 Å². The van der Waals surface area contributed by atoms with E-state index in [0.717, 1.165) is 25.1 Å². The predicted molar refractivity (Wildman–Crippen MR) is 90.0 cm³/mol. The van der Waals surface area contributed by atoms with Crippen LogP contribution in [0.2, 0.25) is 5.02 Å². The van der Waals surface area contributed by atoms with Crippen LogP contribution in [0, 0.1) is 0 Å². The van der Waals surface area contributed by atoms with Crippen LogP contribution in [0.3, 0.4) is 0 Å². The van der Waals surface area contributed by atoms with Crippen molar-refractivity contribution in [3.63, 3.8) is 0 Å². The summed E-state index contributed by atoms with van der Waals surface area (Å²) in [4.78, 5) is 30.4. The number of nitrogens with zero attached hydrogens (tertiary/aromatic N) is 3. The lowest BCUT2D eigenvalue weighted by atomic mass is 10.1. The Kier molecular flexibility index (Phi) is 3.65. The summed E-state index contributed by atoms with van der Waals surface area (Å²) in [5, 5.41) is 10.2. The minimum absolute atomic E-state index is 0.170. The molecular weight excluding hydrogens is 398 g/mol. The van der Waals surface area contributed by atoms with E-state index in [9.17, 15) is 14.7 Å². The normalized spacial score (nSPS) is 17.1. The number of aliphatic carboxylic acids is 1. The van der Waals surface area contributed by atoms with Crippen LogP contribution >= 0.6 is 27.5 Å². The van der Waals surface area contributed by atoms with Gasteiger partial charge in [0.1, 0.15) is 0 Å². The Morgan fingerprint density at radius 1 is 1.42 bits per heavy atom. The van der Waals surface area contributed by atoms with Gasteiger partial charge in [-0.3, -0.25) is 4.79 Å². The van der Waals surface area contributed by atoms with E-state index in [4.69, 9.17) is 11.6 Å². The molecule has 0 saturated carbocycles. The molecule has 6 nitrogen and oxygen atoms in total. The summed E-state index contributed by atoms with van der Waals surface area (Å²) in [5.74, 6) is -1.42. The lowest BCUT2D eigenvalue weighted by Crippen LogP contribution is -2.35. The molecule has 2 aliphatic heterocycles. The Morgan fingerprint density at radius 2 is 2.21 bits per heavy atom. The molecule has 0 aliphatic carbocycles. The highest BCUT2D eigenvalue weighted by Crippen LogP contribution is 2.38. The molecule has 1 unspecified atom stereocenters. The van der Waals surface area contributed by atoms with E-state index in [1.165, 1.54) is 4.90 Å². The molecule has 124 valence electrons. The van der Waals surface area contributed by atoms with Gasteiger partial charge in [0, 0.05) is 39.4 Å². The number of fused-ring (bicyclic) bond motifs is 2. The molecule has 4 rings (SSSR count). The number of hydrogen-bond acceptors (Lipinski definition) is 3. The first-order valence-corrected chi connectivity index (χ1v) is 8.70. The smallest absolute Gasteiger partial charge is 0.332 e. The zero-order valence-corrected chi connectivity index (χ0v) is 14.8. The number of rotatable bonds is 3. The Morgan fingerprint density at radius 3 is 2.96 bits per heavy atom. The first-order valence-electron chi connectivity index (χ1n) is 7.53. The van der Waals surface area contributed by atoms with Gasteiger partial charge in [-0.15, -0.1) is 0 Å². The number of carbonyl (C=O) groups is 2. The molecule has 2 aromatic rings. The second-order valence-electron chi connectivity index (χ2n) is 5.96. The topological polar surface area (TPSA) is 75.4 Å². The molecule has 24 heavy (non-hydrogen) atoms. The van der Waals surface area contributed by atoms with Gasteiger partial charge in [-0.05, 0) is 25.0 Å². The fourth-order valence-corrected chi connectivity index (χ4v) is 4.36. The quantitative estimate of drug-likeness (QED) is 0.844. The molecule has 1 aromatic carbocycles. The summed E-state index contributed by atoms with van der Waals surface area (Å²) < 4.78 is 2.65. The maximum Gasteiger partial charge on any atom is 0.332 e. The van der Waals surface area contributed by atoms with Crippen LogP contribution in [-0.4, -0.2) is 31.4 Å². The number of amides is 1. The molecule has 2 aliphatic rings. The van der Waals surface area contributed by atoms with Crippen LogP contribution in [0.5, 0.6) is 0 Å². The third-order valence-corrected chi connectivity index (χ3v) is 5.37. The van der Waals surface area contributed by atoms with Gasteiger partial charge in [0.25, 0.3) is 5.91 Å². The zero-order chi connectivity index (χ0) is 17.0. The molecule has 8 heteroatoms. The Bertz CT molecular complexity index is 880. The second kappa shape index (κ2) is 5.60. The van der Waals surface area contributed by atoms with E-state index < -0.39 is 12.0 Å². The van der Waals surface area contributed by atoms with Crippen molar-refractivity contribution >= 4 is 39.4 Å². The van der Waals surface area contributed by atoms with Crippen molar-refractivity contribution in [1.29, 1.82) is 0 Å². The first kappa shape index (κ1) is 15.7. The SMILES string of the molecule is O=C(O)C(c1ncn2c1CCC2)N1Cc2c(Cl)cc(Br)cc2C1=O. The van der Waals surface area contributed by atoms with E-state index in [-0.39, 0.29) is 12.5 Å². The Balaban J connectivity index is 1.77. The number of benzene rings is 1. The van der Waals surface area contributed by atoms with Crippen molar-refractivity contribution in [3.8, 4) is 0 Å². The lowest BCUT2D eigenvalue weighted by Gasteiger charge is -2.23. The highest BCUT2D eigenvalue weighted by atomic mass is 79.9. The second-order valence-corrected chi connectivity index (χ2v) is 7.28. The average molecular weight is 411 g/mol.